The highest BCUT2D eigenvalue weighted by Gasteiger charge is 2.10. The van der Waals surface area contributed by atoms with E-state index in [9.17, 15) is 4.79 Å². The number of thiazole rings is 1. The molecule has 0 saturated heterocycles. The van der Waals surface area contributed by atoms with Crippen LogP contribution in [-0.4, -0.2) is 21.6 Å². The van der Waals surface area contributed by atoms with Crippen molar-refractivity contribution in [2.24, 2.45) is 0 Å². The average molecular weight is 353 g/mol. The molecule has 0 aliphatic rings. The first kappa shape index (κ1) is 15.2. The standard InChI is InChI=1S/C18H15N3OS2/c1-11-6-7-14-15(8-11)24-18(20-14)21-17(22)10-23-16-9-19-13-5-3-2-4-12(13)16/h2-9,19H,10H2,1H3,(H,20,21,22). The van der Waals surface area contributed by atoms with Crippen molar-refractivity contribution in [2.45, 2.75) is 11.8 Å². The van der Waals surface area contributed by atoms with Gasteiger partial charge >= 0.3 is 0 Å². The summed E-state index contributed by atoms with van der Waals surface area (Å²) >= 11 is 3.03. The molecule has 6 heteroatoms. The van der Waals surface area contributed by atoms with Crippen LogP contribution >= 0.6 is 23.1 Å². The Labute approximate surface area is 147 Å². The van der Waals surface area contributed by atoms with Gasteiger partial charge in [0, 0.05) is 22.0 Å². The van der Waals surface area contributed by atoms with Crippen LogP contribution in [0.15, 0.2) is 53.6 Å². The summed E-state index contributed by atoms with van der Waals surface area (Å²) in [5.74, 6) is 0.317. The van der Waals surface area contributed by atoms with Gasteiger partial charge in [-0.15, -0.1) is 11.8 Å². The van der Waals surface area contributed by atoms with E-state index in [-0.39, 0.29) is 5.91 Å². The molecule has 120 valence electrons. The van der Waals surface area contributed by atoms with E-state index in [1.807, 2.05) is 36.5 Å². The maximum absolute atomic E-state index is 12.2. The normalized spacial score (nSPS) is 11.2. The second kappa shape index (κ2) is 6.30. The maximum atomic E-state index is 12.2. The van der Waals surface area contributed by atoms with Crippen molar-refractivity contribution in [3.63, 3.8) is 0 Å². The lowest BCUT2D eigenvalue weighted by molar-refractivity contribution is -0.113. The Balaban J connectivity index is 1.44. The summed E-state index contributed by atoms with van der Waals surface area (Å²) < 4.78 is 1.09. The van der Waals surface area contributed by atoms with E-state index in [2.05, 4.69) is 34.3 Å². The Kier molecular flexibility index (Phi) is 4.00. The fourth-order valence-corrected chi connectivity index (χ4v) is 4.36. The minimum atomic E-state index is -0.0407. The Morgan fingerprint density at radius 2 is 2.17 bits per heavy atom. The summed E-state index contributed by atoms with van der Waals surface area (Å²) in [6.07, 6.45) is 1.95. The molecule has 4 nitrogen and oxygen atoms in total. The topological polar surface area (TPSA) is 57.8 Å². The van der Waals surface area contributed by atoms with Crippen molar-refractivity contribution in [3.8, 4) is 0 Å². The second-order valence-electron chi connectivity index (χ2n) is 5.53. The number of fused-ring (bicyclic) bond motifs is 2. The number of hydrogen-bond acceptors (Lipinski definition) is 4. The van der Waals surface area contributed by atoms with Crippen LogP contribution < -0.4 is 5.32 Å². The Morgan fingerprint density at radius 3 is 3.08 bits per heavy atom. The number of carbonyl (C=O) groups is 1. The molecule has 4 aromatic rings. The van der Waals surface area contributed by atoms with Crippen LogP contribution in [0, 0.1) is 6.92 Å². The highest BCUT2D eigenvalue weighted by molar-refractivity contribution is 8.00. The third-order valence-electron chi connectivity index (χ3n) is 3.70. The third-order valence-corrected chi connectivity index (χ3v) is 5.69. The minimum Gasteiger partial charge on any atom is -0.360 e. The predicted molar refractivity (Wildman–Crippen MR) is 102 cm³/mol. The second-order valence-corrected chi connectivity index (χ2v) is 7.57. The van der Waals surface area contributed by atoms with Crippen LogP contribution in [0.1, 0.15) is 5.56 Å². The minimum absolute atomic E-state index is 0.0407. The maximum Gasteiger partial charge on any atom is 0.236 e. The van der Waals surface area contributed by atoms with Gasteiger partial charge in [0.15, 0.2) is 5.13 Å². The number of amides is 1. The van der Waals surface area contributed by atoms with E-state index in [4.69, 9.17) is 0 Å². The van der Waals surface area contributed by atoms with Gasteiger partial charge < -0.3 is 10.3 Å². The molecular formula is C18H15N3OS2. The molecule has 2 aromatic carbocycles. The predicted octanol–water partition coefficient (Wildman–Crippen LogP) is 4.82. The number of H-pyrrole nitrogens is 1. The van der Waals surface area contributed by atoms with Gasteiger partial charge in [-0.1, -0.05) is 35.6 Å². The zero-order valence-electron chi connectivity index (χ0n) is 13.0. The molecular weight excluding hydrogens is 338 g/mol. The van der Waals surface area contributed by atoms with Crippen molar-refractivity contribution in [3.05, 3.63) is 54.2 Å². The van der Waals surface area contributed by atoms with E-state index in [0.717, 1.165) is 26.0 Å². The molecule has 0 bridgehead atoms. The number of hydrogen-bond donors (Lipinski definition) is 2. The molecule has 0 fully saturated rings. The lowest BCUT2D eigenvalue weighted by Gasteiger charge is -2.01. The SMILES string of the molecule is Cc1ccc2nc(NC(=O)CSc3c[nH]c4ccccc34)sc2c1. The number of aryl methyl sites for hydroxylation is 1. The van der Waals surface area contributed by atoms with Gasteiger partial charge in [-0.05, 0) is 30.7 Å². The summed E-state index contributed by atoms with van der Waals surface area (Å²) in [4.78, 5) is 21.0. The quantitative estimate of drug-likeness (QED) is 0.517. The third kappa shape index (κ3) is 3.02. The number of thioether (sulfide) groups is 1. The molecule has 0 atom stereocenters. The molecule has 0 saturated carbocycles. The van der Waals surface area contributed by atoms with Crippen molar-refractivity contribution < 1.29 is 4.79 Å². The number of aromatic amines is 1. The molecule has 0 unspecified atom stereocenters. The first-order valence-corrected chi connectivity index (χ1v) is 9.35. The van der Waals surface area contributed by atoms with E-state index in [1.54, 1.807) is 0 Å². The number of aromatic nitrogens is 2. The van der Waals surface area contributed by atoms with E-state index in [1.165, 1.54) is 28.7 Å². The van der Waals surface area contributed by atoms with Gasteiger partial charge in [-0.3, -0.25) is 4.79 Å². The van der Waals surface area contributed by atoms with Gasteiger partial charge in [0.1, 0.15) is 0 Å². The summed E-state index contributed by atoms with van der Waals surface area (Å²) in [5, 5.41) is 4.70. The number of anilines is 1. The number of benzene rings is 2. The Bertz CT molecular complexity index is 1040. The van der Waals surface area contributed by atoms with Crippen LogP contribution in [0.4, 0.5) is 5.13 Å². The van der Waals surface area contributed by atoms with Crippen LogP contribution in [0.3, 0.4) is 0 Å². The monoisotopic (exact) mass is 353 g/mol. The van der Waals surface area contributed by atoms with Gasteiger partial charge in [0.2, 0.25) is 5.91 Å². The van der Waals surface area contributed by atoms with Gasteiger partial charge in [0.25, 0.3) is 0 Å². The average Bonchev–Trinajstić information content (AvgIpc) is 3.16. The van der Waals surface area contributed by atoms with Crippen molar-refractivity contribution in [1.29, 1.82) is 0 Å². The van der Waals surface area contributed by atoms with E-state index < -0.39 is 0 Å². The van der Waals surface area contributed by atoms with Gasteiger partial charge in [0.05, 0.1) is 16.0 Å². The molecule has 2 N–H and O–H groups in total. The largest absolute Gasteiger partial charge is 0.360 e. The zero-order chi connectivity index (χ0) is 16.5. The van der Waals surface area contributed by atoms with Gasteiger partial charge in [-0.2, -0.15) is 0 Å². The number of para-hydroxylation sites is 1. The lowest BCUT2D eigenvalue weighted by atomic mass is 10.2. The lowest BCUT2D eigenvalue weighted by Crippen LogP contribution is -2.13. The highest BCUT2D eigenvalue weighted by atomic mass is 32.2. The number of nitrogens with zero attached hydrogens (tertiary/aromatic N) is 1. The summed E-state index contributed by atoms with van der Waals surface area (Å²) in [7, 11) is 0. The molecule has 2 heterocycles. The van der Waals surface area contributed by atoms with Crippen molar-refractivity contribution in [1.82, 2.24) is 9.97 Å². The molecule has 24 heavy (non-hydrogen) atoms. The molecule has 0 spiro atoms. The van der Waals surface area contributed by atoms with Crippen LogP contribution in [0.2, 0.25) is 0 Å². The number of carbonyl (C=O) groups excluding carboxylic acids is 1. The van der Waals surface area contributed by atoms with E-state index >= 15 is 0 Å². The summed E-state index contributed by atoms with van der Waals surface area (Å²) in [6, 6.07) is 14.2. The molecule has 1 amide bonds. The van der Waals surface area contributed by atoms with Crippen molar-refractivity contribution >= 4 is 55.3 Å². The smallest absolute Gasteiger partial charge is 0.236 e. The van der Waals surface area contributed by atoms with Gasteiger partial charge in [-0.25, -0.2) is 4.98 Å². The van der Waals surface area contributed by atoms with E-state index in [0.29, 0.717) is 10.9 Å². The Morgan fingerprint density at radius 1 is 1.29 bits per heavy atom. The molecule has 0 aliphatic heterocycles. The fourth-order valence-electron chi connectivity index (χ4n) is 2.55. The first-order chi connectivity index (χ1) is 11.7. The highest BCUT2D eigenvalue weighted by Crippen LogP contribution is 2.29. The Hall–Kier alpha value is -2.31. The molecule has 0 radical (unpaired) electrons. The molecule has 2 aromatic heterocycles. The molecule has 0 aliphatic carbocycles. The zero-order valence-corrected chi connectivity index (χ0v) is 14.6. The van der Waals surface area contributed by atoms with Crippen molar-refractivity contribution in [2.75, 3.05) is 11.1 Å². The first-order valence-electron chi connectivity index (χ1n) is 7.55. The van der Waals surface area contributed by atoms with Crippen LogP contribution in [0.25, 0.3) is 21.1 Å². The van der Waals surface area contributed by atoms with Crippen LogP contribution in [0.5, 0.6) is 0 Å². The van der Waals surface area contributed by atoms with Crippen LogP contribution in [-0.2, 0) is 4.79 Å². The molecule has 4 rings (SSSR count). The number of nitrogens with one attached hydrogen (secondary N) is 2. The summed E-state index contributed by atoms with van der Waals surface area (Å²) in [6.45, 7) is 2.05. The number of rotatable bonds is 4. The fraction of sp³-hybridized carbons (Fsp3) is 0.111. The summed E-state index contributed by atoms with van der Waals surface area (Å²) in [5.41, 5.74) is 3.20.